The van der Waals surface area contributed by atoms with Gasteiger partial charge in [0.05, 0.1) is 76.3 Å². The van der Waals surface area contributed by atoms with E-state index >= 15 is 0 Å². The van der Waals surface area contributed by atoms with Gasteiger partial charge in [-0.15, -0.1) is 0 Å². The summed E-state index contributed by atoms with van der Waals surface area (Å²) in [6.45, 7) is 2.98. The van der Waals surface area contributed by atoms with Gasteiger partial charge < -0.3 is 37.9 Å². The summed E-state index contributed by atoms with van der Waals surface area (Å²) in [7, 11) is 0. The van der Waals surface area contributed by atoms with Gasteiger partial charge in [-0.3, -0.25) is 0 Å². The maximum Gasteiger partial charge on any atom is 0.108 e. The standard InChI is InChI=1S/C48H56O8/c1-5-13-35(14-6-1)29-49-33-47-39(51-31-37-17-9-3-10-18-37)21-23-41-45(55-47)27-25-43-44(53-41)26-28-46-42(54-43)24-22-40(52-32-38-19-11-4-12-20-38)48(56-46)34-50-30-36-15-7-2-8-16-36/h1-20,25,27,39-48H,21-24,26,28-34H2/t39-,40+,41+,42-,43+,44-,45-,46+,47+,48-/m1/s1. The highest BCUT2D eigenvalue weighted by Gasteiger charge is 2.44. The lowest BCUT2D eigenvalue weighted by Crippen LogP contribution is -2.38. The van der Waals surface area contributed by atoms with Gasteiger partial charge in [0.2, 0.25) is 0 Å². The Kier molecular flexibility index (Phi) is 14.1. The molecule has 10 atom stereocenters. The molecule has 0 saturated carbocycles. The fourth-order valence-corrected chi connectivity index (χ4v) is 8.38. The second-order valence-corrected chi connectivity index (χ2v) is 15.5. The fourth-order valence-electron chi connectivity index (χ4n) is 8.38. The van der Waals surface area contributed by atoms with Crippen molar-refractivity contribution in [1.82, 2.24) is 0 Å². The molecule has 0 aliphatic carbocycles. The molecular weight excluding hydrogens is 705 g/mol. The molecule has 0 spiro atoms. The van der Waals surface area contributed by atoms with Crippen molar-refractivity contribution in [3.8, 4) is 0 Å². The van der Waals surface area contributed by atoms with E-state index in [1.165, 1.54) is 0 Å². The molecule has 296 valence electrons. The van der Waals surface area contributed by atoms with Crippen molar-refractivity contribution >= 4 is 0 Å². The number of hydrogen-bond donors (Lipinski definition) is 0. The fraction of sp³-hybridized carbons (Fsp3) is 0.458. The van der Waals surface area contributed by atoms with Gasteiger partial charge in [0.15, 0.2) is 0 Å². The molecule has 4 aromatic rings. The van der Waals surface area contributed by atoms with Crippen molar-refractivity contribution in [2.24, 2.45) is 0 Å². The molecule has 4 aliphatic heterocycles. The lowest BCUT2D eigenvalue weighted by atomic mass is 10.0. The van der Waals surface area contributed by atoms with E-state index in [1.807, 2.05) is 60.7 Å². The highest BCUT2D eigenvalue weighted by molar-refractivity contribution is 5.16. The molecule has 4 aromatic carbocycles. The normalized spacial score (nSPS) is 30.4. The zero-order valence-electron chi connectivity index (χ0n) is 32.2. The number of hydrogen-bond acceptors (Lipinski definition) is 8. The van der Waals surface area contributed by atoms with E-state index in [4.69, 9.17) is 37.9 Å². The Morgan fingerprint density at radius 3 is 1.25 bits per heavy atom. The minimum atomic E-state index is -0.247. The molecule has 0 N–H and O–H groups in total. The van der Waals surface area contributed by atoms with Gasteiger partial charge in [-0.2, -0.15) is 0 Å². The molecule has 8 rings (SSSR count). The third-order valence-corrected chi connectivity index (χ3v) is 11.4. The molecule has 4 aliphatic rings. The summed E-state index contributed by atoms with van der Waals surface area (Å²) in [6.07, 6.45) is 7.75. The van der Waals surface area contributed by atoms with Crippen LogP contribution in [-0.2, 0) is 64.3 Å². The molecule has 0 amide bonds. The van der Waals surface area contributed by atoms with E-state index in [9.17, 15) is 0 Å². The van der Waals surface area contributed by atoms with E-state index in [1.54, 1.807) is 0 Å². The van der Waals surface area contributed by atoms with E-state index in [0.29, 0.717) is 39.6 Å². The molecule has 3 fully saturated rings. The molecule has 0 unspecified atom stereocenters. The van der Waals surface area contributed by atoms with E-state index in [0.717, 1.165) is 60.8 Å². The van der Waals surface area contributed by atoms with Crippen molar-refractivity contribution in [3.63, 3.8) is 0 Å². The van der Waals surface area contributed by atoms with Crippen LogP contribution in [0.4, 0.5) is 0 Å². The number of fused-ring (bicyclic) bond motifs is 3. The zero-order valence-corrected chi connectivity index (χ0v) is 32.2. The molecule has 0 radical (unpaired) electrons. The Hall–Kier alpha value is -3.70. The van der Waals surface area contributed by atoms with Crippen LogP contribution in [-0.4, -0.2) is 74.3 Å². The van der Waals surface area contributed by atoms with Gasteiger partial charge in [-0.1, -0.05) is 133 Å². The smallest absolute Gasteiger partial charge is 0.108 e. The predicted molar refractivity (Wildman–Crippen MR) is 214 cm³/mol. The second kappa shape index (κ2) is 20.1. The van der Waals surface area contributed by atoms with Crippen molar-refractivity contribution < 1.29 is 37.9 Å². The molecule has 0 aromatic heterocycles. The van der Waals surface area contributed by atoms with Crippen LogP contribution >= 0.6 is 0 Å². The maximum atomic E-state index is 6.99. The van der Waals surface area contributed by atoms with Crippen LogP contribution in [0.3, 0.4) is 0 Å². The largest absolute Gasteiger partial charge is 0.374 e. The van der Waals surface area contributed by atoms with Crippen molar-refractivity contribution in [2.45, 2.75) is 126 Å². The first kappa shape index (κ1) is 39.1. The summed E-state index contributed by atoms with van der Waals surface area (Å²) < 4.78 is 53.5. The first-order valence-electron chi connectivity index (χ1n) is 20.6. The quantitative estimate of drug-likeness (QED) is 0.119. The molecule has 8 nitrogen and oxygen atoms in total. The number of ether oxygens (including phenoxy) is 8. The lowest BCUT2D eigenvalue weighted by molar-refractivity contribution is -0.156. The molecule has 4 heterocycles. The summed E-state index contributed by atoms with van der Waals surface area (Å²) in [5.74, 6) is 0. The van der Waals surface area contributed by atoms with Crippen LogP contribution in [0.2, 0.25) is 0 Å². The highest BCUT2D eigenvalue weighted by Crippen LogP contribution is 2.37. The minimum Gasteiger partial charge on any atom is -0.374 e. The zero-order chi connectivity index (χ0) is 37.8. The van der Waals surface area contributed by atoms with E-state index in [-0.39, 0.29) is 61.0 Å². The Labute approximate surface area is 332 Å². The van der Waals surface area contributed by atoms with Crippen LogP contribution in [0.5, 0.6) is 0 Å². The van der Waals surface area contributed by atoms with Crippen molar-refractivity contribution in [1.29, 1.82) is 0 Å². The molecular formula is C48H56O8. The average Bonchev–Trinajstić information content (AvgIpc) is 3.66. The molecule has 0 bridgehead atoms. The van der Waals surface area contributed by atoms with Gasteiger partial charge in [0, 0.05) is 0 Å². The molecule has 56 heavy (non-hydrogen) atoms. The van der Waals surface area contributed by atoms with Crippen molar-refractivity contribution in [3.05, 3.63) is 156 Å². The van der Waals surface area contributed by atoms with Crippen LogP contribution in [0.15, 0.2) is 133 Å². The number of rotatable bonds is 14. The summed E-state index contributed by atoms with van der Waals surface area (Å²) in [5.41, 5.74) is 4.57. The third-order valence-electron chi connectivity index (χ3n) is 11.4. The van der Waals surface area contributed by atoms with Gasteiger partial charge in [-0.05, 0) is 60.8 Å². The van der Waals surface area contributed by atoms with Crippen LogP contribution in [0.25, 0.3) is 0 Å². The first-order chi connectivity index (χ1) is 27.7. The second-order valence-electron chi connectivity index (χ2n) is 15.5. The van der Waals surface area contributed by atoms with E-state index < -0.39 is 0 Å². The van der Waals surface area contributed by atoms with Gasteiger partial charge in [-0.25, -0.2) is 0 Å². The molecule has 3 saturated heterocycles. The summed E-state index contributed by atoms with van der Waals surface area (Å²) in [5, 5.41) is 0. The Balaban J connectivity index is 0.932. The minimum absolute atomic E-state index is 0.0843. The Morgan fingerprint density at radius 1 is 0.375 bits per heavy atom. The first-order valence-corrected chi connectivity index (χ1v) is 20.6. The SMILES string of the molecule is C1=C[C@H]2O[C@@H](COCc3ccccc3)[C@H](OCc3ccccc3)CC[C@@H]2O[C@@H]2CC[C@@H]3O[C@H](COCc4ccccc4)[C@@H](OCc4ccccc4)CC[C@H]3O[C@@H]12. The van der Waals surface area contributed by atoms with Gasteiger partial charge in [0.25, 0.3) is 0 Å². The van der Waals surface area contributed by atoms with Gasteiger partial charge >= 0.3 is 0 Å². The number of benzene rings is 4. The van der Waals surface area contributed by atoms with Gasteiger partial charge in [0.1, 0.15) is 24.4 Å². The highest BCUT2D eigenvalue weighted by atomic mass is 16.6. The Morgan fingerprint density at radius 2 is 0.750 bits per heavy atom. The predicted octanol–water partition coefficient (Wildman–Crippen LogP) is 8.56. The monoisotopic (exact) mass is 760 g/mol. The summed E-state index contributed by atoms with van der Waals surface area (Å²) in [4.78, 5) is 0. The maximum absolute atomic E-state index is 6.99. The lowest BCUT2D eigenvalue weighted by Gasteiger charge is -2.29. The van der Waals surface area contributed by atoms with Crippen molar-refractivity contribution in [2.75, 3.05) is 13.2 Å². The summed E-state index contributed by atoms with van der Waals surface area (Å²) in [6, 6.07) is 41.2. The summed E-state index contributed by atoms with van der Waals surface area (Å²) >= 11 is 0. The van der Waals surface area contributed by atoms with Crippen LogP contribution in [0, 0.1) is 0 Å². The topological polar surface area (TPSA) is 73.8 Å². The van der Waals surface area contributed by atoms with Crippen LogP contribution < -0.4 is 0 Å². The molecule has 8 heteroatoms. The Bertz CT molecular complexity index is 1740. The average molecular weight is 761 g/mol. The third kappa shape index (κ3) is 10.8. The van der Waals surface area contributed by atoms with E-state index in [2.05, 4.69) is 72.8 Å². The van der Waals surface area contributed by atoms with Crippen LogP contribution in [0.1, 0.15) is 60.8 Å².